The Labute approximate surface area is 154 Å². The Bertz CT molecular complexity index is 970. The molecule has 1 N–H and O–H groups in total. The van der Waals surface area contributed by atoms with Crippen molar-refractivity contribution >= 4 is 17.5 Å². The van der Waals surface area contributed by atoms with E-state index in [2.05, 4.69) is 15.6 Å². The fourth-order valence-corrected chi connectivity index (χ4v) is 4.11. The number of halogens is 1. The lowest BCUT2D eigenvalue weighted by Crippen LogP contribution is -2.38. The highest BCUT2D eigenvalue weighted by Crippen LogP contribution is 2.38. The van der Waals surface area contributed by atoms with Crippen LogP contribution in [0.5, 0.6) is 0 Å². The predicted molar refractivity (Wildman–Crippen MR) is 98.4 cm³/mol. The lowest BCUT2D eigenvalue weighted by Gasteiger charge is -2.32. The van der Waals surface area contributed by atoms with Crippen LogP contribution >= 0.6 is 11.8 Å². The van der Waals surface area contributed by atoms with Gasteiger partial charge in [-0.3, -0.25) is 4.79 Å². The zero-order chi connectivity index (χ0) is 18.3. The Morgan fingerprint density at radius 1 is 1.15 bits per heavy atom. The predicted octanol–water partition coefficient (Wildman–Crippen LogP) is 3.68. The standard InChI is InChI=1S/C19H17FN4OS/c1-11-3-4-14(9-12(11)2)17(25)18-16(13-5-7-15(20)8-6-13)23-24-10-21-22-19(24)26-18/h3-10,16,18,23H,1-2H3/t16-,18-/m1/s1. The summed E-state index contributed by atoms with van der Waals surface area (Å²) in [4.78, 5) is 13.3. The van der Waals surface area contributed by atoms with Crippen molar-refractivity contribution in [1.29, 1.82) is 0 Å². The summed E-state index contributed by atoms with van der Waals surface area (Å²) in [6, 6.07) is 11.6. The van der Waals surface area contributed by atoms with Gasteiger partial charge in [-0.05, 0) is 48.7 Å². The zero-order valence-electron chi connectivity index (χ0n) is 14.3. The van der Waals surface area contributed by atoms with Crippen molar-refractivity contribution in [2.45, 2.75) is 30.3 Å². The van der Waals surface area contributed by atoms with E-state index in [1.165, 1.54) is 23.9 Å². The van der Waals surface area contributed by atoms with Crippen molar-refractivity contribution in [2.24, 2.45) is 0 Å². The lowest BCUT2D eigenvalue weighted by molar-refractivity contribution is 0.0980. The average molecular weight is 368 g/mol. The number of carbonyl (C=O) groups is 1. The number of aryl methyl sites for hydroxylation is 2. The van der Waals surface area contributed by atoms with E-state index in [9.17, 15) is 9.18 Å². The maximum absolute atomic E-state index is 13.3. The van der Waals surface area contributed by atoms with Crippen LogP contribution in [-0.2, 0) is 0 Å². The third kappa shape index (κ3) is 2.99. The highest BCUT2D eigenvalue weighted by atomic mass is 32.2. The van der Waals surface area contributed by atoms with Gasteiger partial charge in [-0.15, -0.1) is 10.2 Å². The van der Waals surface area contributed by atoms with E-state index in [1.54, 1.807) is 23.1 Å². The van der Waals surface area contributed by atoms with Crippen LogP contribution in [0.4, 0.5) is 4.39 Å². The van der Waals surface area contributed by atoms with Crippen LogP contribution in [-0.4, -0.2) is 25.9 Å². The molecule has 0 bridgehead atoms. The fourth-order valence-electron chi connectivity index (χ4n) is 2.98. The van der Waals surface area contributed by atoms with Crippen molar-refractivity contribution in [2.75, 3.05) is 5.43 Å². The largest absolute Gasteiger partial charge is 0.313 e. The summed E-state index contributed by atoms with van der Waals surface area (Å²) in [7, 11) is 0. The molecule has 1 aromatic heterocycles. The van der Waals surface area contributed by atoms with Gasteiger partial charge in [0.15, 0.2) is 5.78 Å². The Hall–Kier alpha value is -2.67. The zero-order valence-corrected chi connectivity index (χ0v) is 15.1. The molecule has 7 heteroatoms. The first-order valence-electron chi connectivity index (χ1n) is 8.23. The smallest absolute Gasteiger partial charge is 0.210 e. The molecule has 0 radical (unpaired) electrons. The first-order chi connectivity index (χ1) is 12.5. The maximum atomic E-state index is 13.3. The van der Waals surface area contributed by atoms with Crippen LogP contribution in [0, 0.1) is 19.7 Å². The van der Waals surface area contributed by atoms with Gasteiger partial charge in [-0.1, -0.05) is 36.0 Å². The second-order valence-electron chi connectivity index (χ2n) is 6.34. The normalized spacial score (nSPS) is 18.9. The van der Waals surface area contributed by atoms with Crippen LogP contribution < -0.4 is 5.43 Å². The van der Waals surface area contributed by atoms with Crippen LogP contribution in [0.15, 0.2) is 53.9 Å². The molecule has 0 aliphatic carbocycles. The van der Waals surface area contributed by atoms with Crippen LogP contribution in [0.1, 0.15) is 33.1 Å². The molecule has 2 aromatic carbocycles. The summed E-state index contributed by atoms with van der Waals surface area (Å²) in [5.74, 6) is -0.298. The van der Waals surface area contributed by atoms with E-state index < -0.39 is 5.25 Å². The third-order valence-electron chi connectivity index (χ3n) is 4.61. The van der Waals surface area contributed by atoms with Crippen molar-refractivity contribution in [3.63, 3.8) is 0 Å². The lowest BCUT2D eigenvalue weighted by atomic mass is 9.96. The number of fused-ring (bicyclic) bond motifs is 1. The SMILES string of the molecule is Cc1ccc(C(=O)[C@@H]2Sc3nncn3N[C@@H]2c2ccc(F)cc2)cc1C. The molecular weight excluding hydrogens is 351 g/mol. The van der Waals surface area contributed by atoms with Gasteiger partial charge >= 0.3 is 0 Å². The summed E-state index contributed by atoms with van der Waals surface area (Å²) < 4.78 is 15.0. The first-order valence-corrected chi connectivity index (χ1v) is 9.11. The van der Waals surface area contributed by atoms with Crippen molar-refractivity contribution in [3.8, 4) is 0 Å². The maximum Gasteiger partial charge on any atom is 0.210 e. The van der Waals surface area contributed by atoms with E-state index in [4.69, 9.17) is 0 Å². The van der Waals surface area contributed by atoms with Gasteiger partial charge < -0.3 is 5.43 Å². The molecule has 0 spiro atoms. The molecule has 26 heavy (non-hydrogen) atoms. The molecule has 132 valence electrons. The minimum atomic E-state index is -0.431. The van der Waals surface area contributed by atoms with Gasteiger partial charge in [-0.25, -0.2) is 9.07 Å². The van der Waals surface area contributed by atoms with Crippen molar-refractivity contribution in [1.82, 2.24) is 14.9 Å². The number of ketones is 1. The van der Waals surface area contributed by atoms with Crippen molar-refractivity contribution in [3.05, 3.63) is 76.9 Å². The second-order valence-corrected chi connectivity index (χ2v) is 7.45. The molecule has 5 nitrogen and oxygen atoms in total. The summed E-state index contributed by atoms with van der Waals surface area (Å²) >= 11 is 1.37. The number of aromatic nitrogens is 3. The Balaban J connectivity index is 1.73. The number of nitrogens with one attached hydrogen (secondary N) is 1. The van der Waals surface area contributed by atoms with Gasteiger partial charge in [-0.2, -0.15) is 0 Å². The summed E-state index contributed by atoms with van der Waals surface area (Å²) in [6.45, 7) is 4.01. The van der Waals surface area contributed by atoms with Gasteiger partial charge in [0.1, 0.15) is 17.4 Å². The van der Waals surface area contributed by atoms with E-state index in [-0.39, 0.29) is 17.6 Å². The molecular formula is C19H17FN4OS. The topological polar surface area (TPSA) is 59.8 Å². The number of nitrogens with zero attached hydrogens (tertiary/aromatic N) is 3. The molecule has 0 amide bonds. The second kappa shape index (κ2) is 6.57. The van der Waals surface area contributed by atoms with Gasteiger partial charge in [0.25, 0.3) is 0 Å². The van der Waals surface area contributed by atoms with Gasteiger partial charge in [0.05, 0.1) is 6.04 Å². The molecule has 1 aliphatic heterocycles. The van der Waals surface area contributed by atoms with Crippen LogP contribution in [0.2, 0.25) is 0 Å². The van der Waals surface area contributed by atoms with Crippen LogP contribution in [0.3, 0.4) is 0 Å². The van der Waals surface area contributed by atoms with E-state index >= 15 is 0 Å². The van der Waals surface area contributed by atoms with Crippen molar-refractivity contribution < 1.29 is 9.18 Å². The van der Waals surface area contributed by atoms with E-state index in [0.717, 1.165) is 16.7 Å². The summed E-state index contributed by atoms with van der Waals surface area (Å²) in [5, 5.41) is 8.15. The minimum Gasteiger partial charge on any atom is -0.313 e. The third-order valence-corrected chi connectivity index (χ3v) is 5.84. The van der Waals surface area contributed by atoms with Crippen LogP contribution in [0.25, 0.3) is 0 Å². The number of carbonyl (C=O) groups excluding carboxylic acids is 1. The fraction of sp³-hybridized carbons (Fsp3) is 0.211. The summed E-state index contributed by atoms with van der Waals surface area (Å²) in [6.07, 6.45) is 1.57. The number of hydrogen-bond acceptors (Lipinski definition) is 5. The highest BCUT2D eigenvalue weighted by Gasteiger charge is 2.37. The molecule has 0 saturated heterocycles. The van der Waals surface area contributed by atoms with Gasteiger partial charge in [0, 0.05) is 5.56 Å². The quantitative estimate of drug-likeness (QED) is 0.715. The monoisotopic (exact) mass is 368 g/mol. The molecule has 2 atom stereocenters. The number of thioether (sulfide) groups is 1. The Kier molecular flexibility index (Phi) is 4.24. The molecule has 2 heterocycles. The number of hydrogen-bond donors (Lipinski definition) is 1. The number of benzene rings is 2. The number of rotatable bonds is 3. The average Bonchev–Trinajstić information content (AvgIpc) is 3.10. The first kappa shape index (κ1) is 16.8. The molecule has 0 unspecified atom stereocenters. The molecule has 4 rings (SSSR count). The minimum absolute atomic E-state index is 0.00850. The van der Waals surface area contributed by atoms with E-state index in [1.807, 2.05) is 32.0 Å². The Morgan fingerprint density at radius 2 is 1.92 bits per heavy atom. The summed E-state index contributed by atoms with van der Waals surface area (Å²) in [5.41, 5.74) is 6.98. The molecule has 0 saturated carbocycles. The Morgan fingerprint density at radius 3 is 2.65 bits per heavy atom. The molecule has 0 fully saturated rings. The number of Topliss-reactive ketones (excluding diaryl/α,β-unsaturated/α-hetero) is 1. The highest BCUT2D eigenvalue weighted by molar-refractivity contribution is 8.00. The molecule has 1 aliphatic rings. The molecule has 3 aromatic rings. The van der Waals surface area contributed by atoms with E-state index in [0.29, 0.717) is 10.7 Å². The van der Waals surface area contributed by atoms with Gasteiger partial charge in [0.2, 0.25) is 5.16 Å².